The first-order chi connectivity index (χ1) is 7.95. The molecule has 0 aliphatic heterocycles. The van der Waals surface area contributed by atoms with Gasteiger partial charge in [0.2, 0.25) is 0 Å². The third kappa shape index (κ3) is 13.6. The molecule has 0 radical (unpaired) electrons. The van der Waals surface area contributed by atoms with E-state index in [4.69, 9.17) is 0 Å². The summed E-state index contributed by atoms with van der Waals surface area (Å²) in [4.78, 5) is 4.66. The van der Waals surface area contributed by atoms with Gasteiger partial charge in [-0.1, -0.05) is 32.4 Å². The number of allylic oxidation sites excluding steroid dienone is 2. The van der Waals surface area contributed by atoms with E-state index in [0.29, 0.717) is 0 Å². The first-order valence-corrected chi connectivity index (χ1v) is 6.90. The third-order valence-electron chi connectivity index (χ3n) is 2.72. The van der Waals surface area contributed by atoms with E-state index in [1.165, 1.54) is 18.5 Å². The molecule has 0 N–H and O–H groups in total. The normalized spacial score (nSPS) is 13.6. The summed E-state index contributed by atoms with van der Waals surface area (Å²) in [6, 6.07) is 0. The molecule has 2 heteroatoms. The van der Waals surface area contributed by atoms with E-state index in [0.717, 1.165) is 19.0 Å². The van der Waals surface area contributed by atoms with Gasteiger partial charge >= 0.3 is 0 Å². The van der Waals surface area contributed by atoms with Gasteiger partial charge in [-0.25, -0.2) is 0 Å². The average Bonchev–Trinajstić information content (AvgIpc) is 2.28. The fourth-order valence-electron chi connectivity index (χ4n) is 1.73. The van der Waals surface area contributed by atoms with Gasteiger partial charge in [0.25, 0.3) is 0 Å². The van der Waals surface area contributed by atoms with Gasteiger partial charge < -0.3 is 9.80 Å². The van der Waals surface area contributed by atoms with Gasteiger partial charge in [-0.15, -0.1) is 0 Å². The Bertz CT molecular complexity index is 185. The van der Waals surface area contributed by atoms with E-state index in [1.807, 2.05) is 13.8 Å². The molecular formula is C15H34N2. The smallest absolute Gasteiger partial charge is 0.0106 e. The number of hydrogen-bond acceptors (Lipinski definition) is 2. The quantitative estimate of drug-likeness (QED) is 0.631. The molecule has 0 amide bonds. The second-order valence-electron chi connectivity index (χ2n) is 5.01. The summed E-state index contributed by atoms with van der Waals surface area (Å²) in [5.41, 5.74) is 1.50. The monoisotopic (exact) mass is 242 g/mol. The predicted octanol–water partition coefficient (Wildman–Crippen LogP) is 3.50. The van der Waals surface area contributed by atoms with Crippen LogP contribution in [0.15, 0.2) is 11.6 Å². The summed E-state index contributed by atoms with van der Waals surface area (Å²) < 4.78 is 0. The lowest BCUT2D eigenvalue weighted by molar-refractivity contribution is 0.252. The highest BCUT2D eigenvalue weighted by Gasteiger charge is 2.06. The van der Waals surface area contributed by atoms with E-state index in [-0.39, 0.29) is 0 Å². The largest absolute Gasteiger partial charge is 0.308 e. The average molecular weight is 242 g/mol. The maximum atomic E-state index is 2.42. The minimum absolute atomic E-state index is 0.758. The number of nitrogens with zero attached hydrogens (tertiary/aromatic N) is 2. The van der Waals surface area contributed by atoms with Crippen LogP contribution in [0.25, 0.3) is 0 Å². The number of likely N-dealkylation sites (N-methyl/N-ethyl adjacent to an activating group) is 2. The molecule has 0 bridgehead atoms. The molecular weight excluding hydrogens is 208 g/mol. The van der Waals surface area contributed by atoms with Gasteiger partial charge in [-0.05, 0) is 47.3 Å². The molecule has 0 aromatic carbocycles. The number of hydrogen-bond donors (Lipinski definition) is 0. The van der Waals surface area contributed by atoms with Crippen molar-refractivity contribution >= 4 is 0 Å². The van der Waals surface area contributed by atoms with Crippen LogP contribution in [0.4, 0.5) is 0 Å². The van der Waals surface area contributed by atoms with Crippen molar-refractivity contribution in [2.24, 2.45) is 5.92 Å². The Morgan fingerprint density at radius 3 is 2.06 bits per heavy atom. The first kappa shape index (κ1) is 19.0. The Labute approximate surface area is 110 Å². The van der Waals surface area contributed by atoms with Crippen molar-refractivity contribution in [3.05, 3.63) is 11.6 Å². The topological polar surface area (TPSA) is 6.48 Å². The van der Waals surface area contributed by atoms with E-state index in [9.17, 15) is 0 Å². The molecule has 2 nitrogen and oxygen atoms in total. The maximum Gasteiger partial charge on any atom is 0.0106 e. The summed E-state index contributed by atoms with van der Waals surface area (Å²) in [6.45, 7) is 14.2. The molecule has 0 aromatic rings. The summed E-state index contributed by atoms with van der Waals surface area (Å²) >= 11 is 0. The van der Waals surface area contributed by atoms with Crippen molar-refractivity contribution in [1.29, 1.82) is 0 Å². The van der Waals surface area contributed by atoms with Crippen LogP contribution < -0.4 is 0 Å². The maximum absolute atomic E-state index is 2.42. The molecule has 0 rings (SSSR count). The standard InChI is InChI=1S/C13H28N2.C2H6/c1-7-12(2)10-13(3)11-15(6)9-8-14(4)5;1-2/h7,13H,8-11H2,1-6H3;1-2H3/b12-7-;. The molecule has 1 atom stereocenters. The van der Waals surface area contributed by atoms with Crippen LogP contribution in [-0.2, 0) is 0 Å². The predicted molar refractivity (Wildman–Crippen MR) is 80.6 cm³/mol. The molecule has 0 saturated heterocycles. The van der Waals surface area contributed by atoms with Gasteiger partial charge in [-0.2, -0.15) is 0 Å². The molecule has 104 valence electrons. The molecule has 1 unspecified atom stereocenters. The highest BCUT2D eigenvalue weighted by Crippen LogP contribution is 2.11. The zero-order chi connectivity index (χ0) is 13.8. The van der Waals surface area contributed by atoms with E-state index < -0.39 is 0 Å². The second-order valence-corrected chi connectivity index (χ2v) is 5.01. The van der Waals surface area contributed by atoms with Gasteiger partial charge in [0.1, 0.15) is 0 Å². The molecule has 17 heavy (non-hydrogen) atoms. The fourth-order valence-corrected chi connectivity index (χ4v) is 1.73. The van der Waals surface area contributed by atoms with Crippen molar-refractivity contribution < 1.29 is 0 Å². The molecule has 0 aliphatic rings. The van der Waals surface area contributed by atoms with Gasteiger partial charge in [0, 0.05) is 19.6 Å². The lowest BCUT2D eigenvalue weighted by Gasteiger charge is -2.23. The van der Waals surface area contributed by atoms with Crippen molar-refractivity contribution in [1.82, 2.24) is 9.80 Å². The first-order valence-electron chi connectivity index (χ1n) is 6.90. The van der Waals surface area contributed by atoms with Crippen molar-refractivity contribution in [3.8, 4) is 0 Å². The molecule has 0 fully saturated rings. The summed E-state index contributed by atoms with van der Waals surface area (Å²) in [6.07, 6.45) is 3.44. The van der Waals surface area contributed by atoms with Crippen molar-refractivity contribution in [2.45, 2.75) is 41.0 Å². The van der Waals surface area contributed by atoms with E-state index in [2.05, 4.69) is 57.8 Å². The highest BCUT2D eigenvalue weighted by atomic mass is 15.1. The zero-order valence-electron chi connectivity index (χ0n) is 13.4. The van der Waals surface area contributed by atoms with Crippen LogP contribution in [0, 0.1) is 5.92 Å². The zero-order valence-corrected chi connectivity index (χ0v) is 13.4. The molecule has 0 spiro atoms. The highest BCUT2D eigenvalue weighted by molar-refractivity contribution is 4.96. The lowest BCUT2D eigenvalue weighted by atomic mass is 10.0. The van der Waals surface area contributed by atoms with Crippen LogP contribution in [-0.4, -0.2) is 50.6 Å². The van der Waals surface area contributed by atoms with Gasteiger partial charge in [0.05, 0.1) is 0 Å². The fraction of sp³-hybridized carbons (Fsp3) is 0.867. The minimum atomic E-state index is 0.758. The van der Waals surface area contributed by atoms with Crippen LogP contribution in [0.1, 0.15) is 41.0 Å². The minimum Gasteiger partial charge on any atom is -0.308 e. The summed E-state index contributed by atoms with van der Waals surface area (Å²) in [5.74, 6) is 0.758. The van der Waals surface area contributed by atoms with Gasteiger partial charge in [-0.3, -0.25) is 0 Å². The Hall–Kier alpha value is -0.340. The molecule has 0 saturated carbocycles. The van der Waals surface area contributed by atoms with Gasteiger partial charge in [0.15, 0.2) is 0 Å². The second kappa shape index (κ2) is 12.1. The van der Waals surface area contributed by atoms with Crippen molar-refractivity contribution in [3.63, 3.8) is 0 Å². The Morgan fingerprint density at radius 1 is 1.12 bits per heavy atom. The molecule has 0 aliphatic carbocycles. The van der Waals surface area contributed by atoms with Crippen LogP contribution in [0.3, 0.4) is 0 Å². The van der Waals surface area contributed by atoms with Crippen LogP contribution in [0.5, 0.6) is 0 Å². The molecule has 0 heterocycles. The van der Waals surface area contributed by atoms with Crippen LogP contribution >= 0.6 is 0 Å². The van der Waals surface area contributed by atoms with E-state index in [1.54, 1.807) is 0 Å². The number of rotatable bonds is 7. The van der Waals surface area contributed by atoms with Crippen molar-refractivity contribution in [2.75, 3.05) is 40.8 Å². The summed E-state index contributed by atoms with van der Waals surface area (Å²) in [7, 11) is 6.47. The Balaban J connectivity index is 0. The third-order valence-corrected chi connectivity index (χ3v) is 2.72. The Kier molecular flexibility index (Phi) is 13.6. The lowest BCUT2D eigenvalue weighted by Crippen LogP contribution is -2.31. The Morgan fingerprint density at radius 2 is 1.65 bits per heavy atom. The molecule has 0 aromatic heterocycles. The van der Waals surface area contributed by atoms with Crippen LogP contribution in [0.2, 0.25) is 0 Å². The van der Waals surface area contributed by atoms with E-state index >= 15 is 0 Å². The summed E-state index contributed by atoms with van der Waals surface area (Å²) in [5, 5.41) is 0. The SMILES string of the molecule is C/C=C(/C)CC(C)CN(C)CCN(C)C.CC.